The van der Waals surface area contributed by atoms with Crippen LogP contribution in [0.5, 0.6) is 0 Å². The van der Waals surface area contributed by atoms with Crippen LogP contribution < -0.4 is 0 Å². The van der Waals surface area contributed by atoms with Crippen LogP contribution in [0.4, 0.5) is 0 Å². The summed E-state index contributed by atoms with van der Waals surface area (Å²) in [5.41, 5.74) is 1.01. The average molecular weight is 288 g/mol. The third kappa shape index (κ3) is 3.67. The Balaban J connectivity index is 1.79. The van der Waals surface area contributed by atoms with Crippen LogP contribution in [0.2, 0.25) is 0 Å². The quantitative estimate of drug-likeness (QED) is 0.777. The maximum atomic E-state index is 5.78. The van der Waals surface area contributed by atoms with Gasteiger partial charge >= 0.3 is 0 Å². The Bertz CT molecular complexity index is 361. The zero-order chi connectivity index (χ0) is 13.0. The molecule has 0 spiro atoms. The van der Waals surface area contributed by atoms with Crippen LogP contribution in [-0.2, 0) is 12.4 Å². The van der Waals surface area contributed by atoms with Gasteiger partial charge in [0, 0.05) is 37.6 Å². The predicted octanol–water partition coefficient (Wildman–Crippen LogP) is 2.80. The van der Waals surface area contributed by atoms with E-state index in [9.17, 15) is 0 Å². The SMILES string of the molecule is CCC(C)N1CCN(Cc2nc(CCl)cs2)CC1. The second-order valence-corrected chi connectivity index (χ2v) is 6.15. The highest BCUT2D eigenvalue weighted by Gasteiger charge is 2.20. The summed E-state index contributed by atoms with van der Waals surface area (Å²) in [4.78, 5) is 9.61. The van der Waals surface area contributed by atoms with Gasteiger partial charge in [0.1, 0.15) is 5.01 Å². The third-order valence-corrected chi connectivity index (χ3v) is 4.87. The highest BCUT2D eigenvalue weighted by Crippen LogP contribution is 2.16. The molecule has 1 unspecified atom stereocenters. The molecule has 1 aliphatic heterocycles. The molecule has 1 aromatic rings. The highest BCUT2D eigenvalue weighted by molar-refractivity contribution is 7.09. The summed E-state index contributed by atoms with van der Waals surface area (Å²) in [5.74, 6) is 0.526. The molecule has 18 heavy (non-hydrogen) atoms. The Labute approximate surface area is 119 Å². The van der Waals surface area contributed by atoms with Crippen molar-refractivity contribution in [2.75, 3.05) is 26.2 Å². The third-order valence-electron chi connectivity index (χ3n) is 3.72. The summed E-state index contributed by atoms with van der Waals surface area (Å²) < 4.78 is 0. The van der Waals surface area contributed by atoms with Gasteiger partial charge in [-0.15, -0.1) is 22.9 Å². The maximum absolute atomic E-state index is 5.78. The van der Waals surface area contributed by atoms with Gasteiger partial charge in [0.25, 0.3) is 0 Å². The van der Waals surface area contributed by atoms with Crippen molar-refractivity contribution in [3.8, 4) is 0 Å². The van der Waals surface area contributed by atoms with E-state index in [1.165, 1.54) is 24.5 Å². The molecule has 1 saturated heterocycles. The standard InChI is InChI=1S/C13H22ClN3S/c1-3-11(2)17-6-4-16(5-7-17)9-13-15-12(8-14)10-18-13/h10-11H,3-9H2,1-2H3. The van der Waals surface area contributed by atoms with Crippen LogP contribution in [0, 0.1) is 0 Å². The second-order valence-electron chi connectivity index (χ2n) is 4.94. The van der Waals surface area contributed by atoms with Crippen molar-refractivity contribution in [3.63, 3.8) is 0 Å². The maximum Gasteiger partial charge on any atom is 0.107 e. The molecule has 2 rings (SSSR count). The molecule has 0 saturated carbocycles. The first-order valence-corrected chi connectivity index (χ1v) is 8.10. The zero-order valence-corrected chi connectivity index (χ0v) is 12.8. The summed E-state index contributed by atoms with van der Waals surface area (Å²) in [6, 6.07) is 0.717. The van der Waals surface area contributed by atoms with Gasteiger partial charge in [0.2, 0.25) is 0 Å². The van der Waals surface area contributed by atoms with Gasteiger partial charge in [0.05, 0.1) is 18.1 Å². The number of aromatic nitrogens is 1. The summed E-state index contributed by atoms with van der Waals surface area (Å²) in [6.45, 7) is 10.2. The fraction of sp³-hybridized carbons (Fsp3) is 0.769. The lowest BCUT2D eigenvalue weighted by atomic mass is 10.2. The number of hydrogen-bond donors (Lipinski definition) is 0. The van der Waals surface area contributed by atoms with Gasteiger partial charge in [-0.25, -0.2) is 4.98 Å². The molecule has 1 aliphatic rings. The fourth-order valence-electron chi connectivity index (χ4n) is 2.29. The molecule has 0 radical (unpaired) electrons. The van der Waals surface area contributed by atoms with Crippen molar-refractivity contribution in [2.45, 2.75) is 38.7 Å². The van der Waals surface area contributed by atoms with E-state index in [4.69, 9.17) is 11.6 Å². The topological polar surface area (TPSA) is 19.4 Å². The van der Waals surface area contributed by atoms with Crippen molar-refractivity contribution in [1.82, 2.24) is 14.8 Å². The smallest absolute Gasteiger partial charge is 0.107 e. The predicted molar refractivity (Wildman–Crippen MR) is 78.3 cm³/mol. The van der Waals surface area contributed by atoms with Gasteiger partial charge in [-0.05, 0) is 13.3 Å². The van der Waals surface area contributed by atoms with Crippen LogP contribution in [0.15, 0.2) is 5.38 Å². The van der Waals surface area contributed by atoms with E-state index in [0.29, 0.717) is 5.88 Å². The van der Waals surface area contributed by atoms with Gasteiger partial charge < -0.3 is 0 Å². The Morgan fingerprint density at radius 1 is 1.39 bits per heavy atom. The first kappa shape index (κ1) is 14.3. The van der Waals surface area contributed by atoms with E-state index in [1.807, 2.05) is 0 Å². The van der Waals surface area contributed by atoms with Gasteiger partial charge in [-0.2, -0.15) is 0 Å². The Kier molecular flexibility index (Phi) is 5.42. The van der Waals surface area contributed by atoms with Gasteiger partial charge in [0.15, 0.2) is 0 Å². The number of piperazine rings is 1. The first-order chi connectivity index (χ1) is 8.72. The van der Waals surface area contributed by atoms with Crippen LogP contribution in [0.25, 0.3) is 0 Å². The number of rotatable bonds is 5. The molecule has 102 valence electrons. The molecule has 0 aromatic carbocycles. The lowest BCUT2D eigenvalue weighted by Crippen LogP contribution is -2.48. The van der Waals surface area contributed by atoms with Crippen LogP contribution in [0.1, 0.15) is 31.0 Å². The number of alkyl halides is 1. The molecule has 0 N–H and O–H groups in total. The summed E-state index contributed by atoms with van der Waals surface area (Å²) in [6.07, 6.45) is 1.24. The van der Waals surface area contributed by atoms with Crippen molar-refractivity contribution in [2.24, 2.45) is 0 Å². The molecule has 0 bridgehead atoms. The van der Waals surface area contributed by atoms with Gasteiger partial charge in [-0.3, -0.25) is 9.80 Å². The van der Waals surface area contributed by atoms with Crippen LogP contribution in [-0.4, -0.2) is 47.0 Å². The summed E-state index contributed by atoms with van der Waals surface area (Å²) in [7, 11) is 0. The zero-order valence-electron chi connectivity index (χ0n) is 11.2. The lowest BCUT2D eigenvalue weighted by molar-refractivity contribution is 0.0963. The van der Waals surface area contributed by atoms with Crippen LogP contribution in [0.3, 0.4) is 0 Å². The van der Waals surface area contributed by atoms with E-state index < -0.39 is 0 Å². The normalized spacial score (nSPS) is 20.2. The van der Waals surface area contributed by atoms with E-state index >= 15 is 0 Å². The number of nitrogens with zero attached hydrogens (tertiary/aromatic N) is 3. The average Bonchev–Trinajstić information content (AvgIpc) is 2.86. The molecule has 1 fully saturated rings. The second kappa shape index (κ2) is 6.85. The summed E-state index contributed by atoms with van der Waals surface area (Å²) >= 11 is 7.51. The molecule has 0 amide bonds. The summed E-state index contributed by atoms with van der Waals surface area (Å²) in [5, 5.41) is 3.26. The molecular weight excluding hydrogens is 266 g/mol. The largest absolute Gasteiger partial charge is 0.298 e. The minimum atomic E-state index is 0.526. The van der Waals surface area contributed by atoms with Crippen molar-refractivity contribution in [3.05, 3.63) is 16.1 Å². The van der Waals surface area contributed by atoms with Crippen molar-refractivity contribution in [1.29, 1.82) is 0 Å². The molecule has 0 aliphatic carbocycles. The number of halogens is 1. The molecule has 5 heteroatoms. The Morgan fingerprint density at radius 2 is 2.11 bits per heavy atom. The number of hydrogen-bond acceptors (Lipinski definition) is 4. The Morgan fingerprint density at radius 3 is 2.67 bits per heavy atom. The van der Waals surface area contributed by atoms with Crippen molar-refractivity contribution >= 4 is 22.9 Å². The lowest BCUT2D eigenvalue weighted by Gasteiger charge is -2.37. The Hall–Kier alpha value is -0.160. The van der Waals surface area contributed by atoms with E-state index in [-0.39, 0.29) is 0 Å². The van der Waals surface area contributed by atoms with Crippen molar-refractivity contribution < 1.29 is 0 Å². The van der Waals surface area contributed by atoms with E-state index in [1.54, 1.807) is 11.3 Å². The fourth-order valence-corrected chi connectivity index (χ4v) is 3.36. The van der Waals surface area contributed by atoms with Crippen LogP contribution >= 0.6 is 22.9 Å². The molecule has 1 atom stereocenters. The van der Waals surface area contributed by atoms with E-state index in [2.05, 4.69) is 34.0 Å². The first-order valence-electron chi connectivity index (χ1n) is 6.68. The minimum Gasteiger partial charge on any atom is -0.298 e. The highest BCUT2D eigenvalue weighted by atomic mass is 35.5. The van der Waals surface area contributed by atoms with Gasteiger partial charge in [-0.1, -0.05) is 6.92 Å². The molecule has 1 aromatic heterocycles. The molecule has 3 nitrogen and oxygen atoms in total. The monoisotopic (exact) mass is 287 g/mol. The number of thiazole rings is 1. The van der Waals surface area contributed by atoms with E-state index in [0.717, 1.165) is 31.4 Å². The molecule has 2 heterocycles. The molecular formula is C13H22ClN3S. The minimum absolute atomic E-state index is 0.526.